The molecule has 3 rings (SSSR count). The van der Waals surface area contributed by atoms with Crippen molar-refractivity contribution in [3.63, 3.8) is 0 Å². The third-order valence-electron chi connectivity index (χ3n) is 4.35. The molecular weight excluding hydrogens is 414 g/mol. The fourth-order valence-corrected chi connectivity index (χ4v) is 4.72. The van der Waals surface area contributed by atoms with E-state index >= 15 is 0 Å². The quantitative estimate of drug-likeness (QED) is 0.694. The van der Waals surface area contributed by atoms with Crippen LogP contribution in [-0.4, -0.2) is 37.0 Å². The lowest BCUT2D eigenvalue weighted by Crippen LogP contribution is -2.27. The highest BCUT2D eigenvalue weighted by atomic mass is 32.2. The lowest BCUT2D eigenvalue weighted by atomic mass is 9.96. The van der Waals surface area contributed by atoms with Crippen LogP contribution in [0.4, 0.5) is 16.5 Å². The standard InChI is InChI=1S/C18H23N5O4S2/c1-11-10-12(7-8-13(11)23-9-5-6-14(23)24)22-29(26,27)17-21-20-16(28-17)19-15(25)18(2,3)4/h7-8,10,22H,5-6,9H2,1-4H3,(H,19,20,25). The van der Waals surface area contributed by atoms with Gasteiger partial charge in [0.2, 0.25) is 16.9 Å². The van der Waals surface area contributed by atoms with Gasteiger partial charge in [-0.25, -0.2) is 0 Å². The van der Waals surface area contributed by atoms with E-state index in [4.69, 9.17) is 0 Å². The number of hydrogen-bond donors (Lipinski definition) is 2. The van der Waals surface area contributed by atoms with E-state index in [2.05, 4.69) is 20.2 Å². The lowest BCUT2D eigenvalue weighted by Gasteiger charge is -2.19. The van der Waals surface area contributed by atoms with Crippen LogP contribution < -0.4 is 14.9 Å². The van der Waals surface area contributed by atoms with Crippen LogP contribution in [0.5, 0.6) is 0 Å². The van der Waals surface area contributed by atoms with Gasteiger partial charge in [-0.15, -0.1) is 10.2 Å². The molecule has 29 heavy (non-hydrogen) atoms. The predicted molar refractivity (Wildman–Crippen MR) is 112 cm³/mol. The summed E-state index contributed by atoms with van der Waals surface area (Å²) in [5.41, 5.74) is 1.28. The Morgan fingerprint density at radius 1 is 1.24 bits per heavy atom. The van der Waals surface area contributed by atoms with Gasteiger partial charge < -0.3 is 10.2 Å². The van der Waals surface area contributed by atoms with Gasteiger partial charge in [-0.3, -0.25) is 14.3 Å². The maximum atomic E-state index is 12.6. The molecule has 2 amide bonds. The Balaban J connectivity index is 1.75. The number of anilines is 3. The lowest BCUT2D eigenvalue weighted by molar-refractivity contribution is -0.123. The Bertz CT molecular complexity index is 1060. The molecule has 0 atom stereocenters. The van der Waals surface area contributed by atoms with Crippen molar-refractivity contribution in [2.45, 2.75) is 44.9 Å². The minimum atomic E-state index is -3.96. The minimum Gasteiger partial charge on any atom is -0.312 e. The van der Waals surface area contributed by atoms with E-state index in [1.54, 1.807) is 43.9 Å². The number of benzene rings is 1. The summed E-state index contributed by atoms with van der Waals surface area (Å²) >= 11 is 0.774. The average molecular weight is 438 g/mol. The summed E-state index contributed by atoms with van der Waals surface area (Å²) in [4.78, 5) is 25.7. The second-order valence-corrected chi connectivity index (χ2v) is 10.7. The molecule has 1 aliphatic rings. The molecule has 1 aliphatic heterocycles. The highest BCUT2D eigenvalue weighted by Gasteiger charge is 2.26. The van der Waals surface area contributed by atoms with Gasteiger partial charge in [0, 0.05) is 29.8 Å². The van der Waals surface area contributed by atoms with Crippen molar-refractivity contribution in [1.29, 1.82) is 0 Å². The van der Waals surface area contributed by atoms with Gasteiger partial charge in [-0.2, -0.15) is 8.42 Å². The summed E-state index contributed by atoms with van der Waals surface area (Å²) in [7, 11) is -3.96. The second kappa shape index (κ2) is 7.71. The second-order valence-electron chi connectivity index (χ2n) is 7.83. The number of hydrogen-bond acceptors (Lipinski definition) is 7. The number of aromatic nitrogens is 2. The summed E-state index contributed by atoms with van der Waals surface area (Å²) in [6.07, 6.45) is 1.34. The molecule has 0 spiro atoms. The normalized spacial score (nSPS) is 14.9. The van der Waals surface area contributed by atoms with Crippen molar-refractivity contribution in [3.05, 3.63) is 23.8 Å². The maximum Gasteiger partial charge on any atom is 0.291 e. The molecule has 0 saturated carbocycles. The van der Waals surface area contributed by atoms with E-state index < -0.39 is 15.4 Å². The molecule has 11 heteroatoms. The van der Waals surface area contributed by atoms with Crippen molar-refractivity contribution < 1.29 is 18.0 Å². The number of carbonyl (C=O) groups is 2. The molecule has 0 radical (unpaired) electrons. The van der Waals surface area contributed by atoms with Crippen LogP contribution in [0, 0.1) is 12.3 Å². The molecule has 1 fully saturated rings. The molecule has 2 N–H and O–H groups in total. The predicted octanol–water partition coefficient (Wildman–Crippen LogP) is 2.76. The van der Waals surface area contributed by atoms with E-state index in [0.717, 1.165) is 29.0 Å². The molecule has 2 aromatic rings. The molecular formula is C18H23N5O4S2. The SMILES string of the molecule is Cc1cc(NS(=O)(=O)c2nnc(NC(=O)C(C)(C)C)s2)ccc1N1CCCC1=O. The Morgan fingerprint density at radius 3 is 2.55 bits per heavy atom. The Morgan fingerprint density at radius 2 is 1.97 bits per heavy atom. The van der Waals surface area contributed by atoms with Crippen LogP contribution in [0.25, 0.3) is 0 Å². The Labute approximate surface area is 173 Å². The highest BCUT2D eigenvalue weighted by Crippen LogP contribution is 2.29. The van der Waals surface area contributed by atoms with Crippen molar-refractivity contribution in [3.8, 4) is 0 Å². The van der Waals surface area contributed by atoms with Crippen molar-refractivity contribution >= 4 is 49.7 Å². The van der Waals surface area contributed by atoms with Crippen molar-refractivity contribution in [1.82, 2.24) is 10.2 Å². The third kappa shape index (κ3) is 4.73. The first-order chi connectivity index (χ1) is 13.5. The van der Waals surface area contributed by atoms with E-state index in [1.807, 2.05) is 6.92 Å². The minimum absolute atomic E-state index is 0.0696. The number of rotatable bonds is 5. The molecule has 9 nitrogen and oxygen atoms in total. The first kappa shape index (κ1) is 21.2. The van der Waals surface area contributed by atoms with E-state index in [-0.39, 0.29) is 21.3 Å². The number of nitrogens with zero attached hydrogens (tertiary/aromatic N) is 3. The summed E-state index contributed by atoms with van der Waals surface area (Å²) in [6.45, 7) is 7.71. The number of aryl methyl sites for hydroxylation is 1. The molecule has 1 aromatic carbocycles. The zero-order chi connectivity index (χ0) is 21.4. The first-order valence-electron chi connectivity index (χ1n) is 9.06. The zero-order valence-corrected chi connectivity index (χ0v) is 18.3. The number of sulfonamides is 1. The van der Waals surface area contributed by atoms with Crippen LogP contribution in [0.2, 0.25) is 0 Å². The zero-order valence-electron chi connectivity index (χ0n) is 16.6. The summed E-state index contributed by atoms with van der Waals surface area (Å²) in [6, 6.07) is 5.00. The molecule has 0 bridgehead atoms. The summed E-state index contributed by atoms with van der Waals surface area (Å²) in [5, 5.41) is 10.1. The average Bonchev–Trinajstić information content (AvgIpc) is 3.23. The number of nitrogens with one attached hydrogen (secondary N) is 2. The van der Waals surface area contributed by atoms with Crippen LogP contribution in [0.15, 0.2) is 22.5 Å². The fourth-order valence-electron chi connectivity index (χ4n) is 2.78. The van der Waals surface area contributed by atoms with Gasteiger partial charge in [-0.05, 0) is 37.1 Å². The van der Waals surface area contributed by atoms with Gasteiger partial charge in [0.05, 0.1) is 0 Å². The molecule has 1 saturated heterocycles. The Kier molecular flexibility index (Phi) is 5.63. The van der Waals surface area contributed by atoms with Gasteiger partial charge >= 0.3 is 0 Å². The highest BCUT2D eigenvalue weighted by molar-refractivity contribution is 7.94. The smallest absolute Gasteiger partial charge is 0.291 e. The maximum absolute atomic E-state index is 12.6. The third-order valence-corrected chi connectivity index (χ3v) is 6.94. The van der Waals surface area contributed by atoms with Crippen LogP contribution >= 0.6 is 11.3 Å². The number of carbonyl (C=O) groups excluding carboxylic acids is 2. The Hall–Kier alpha value is -2.53. The van der Waals surface area contributed by atoms with Crippen LogP contribution in [0.1, 0.15) is 39.2 Å². The monoisotopic (exact) mass is 437 g/mol. The molecule has 2 heterocycles. The van der Waals surface area contributed by atoms with Gasteiger partial charge in [0.1, 0.15) is 0 Å². The van der Waals surface area contributed by atoms with Gasteiger partial charge in [0.25, 0.3) is 14.4 Å². The summed E-state index contributed by atoms with van der Waals surface area (Å²) in [5.74, 6) is -0.214. The van der Waals surface area contributed by atoms with Crippen LogP contribution in [-0.2, 0) is 19.6 Å². The largest absolute Gasteiger partial charge is 0.312 e. The van der Waals surface area contributed by atoms with Crippen LogP contribution in [0.3, 0.4) is 0 Å². The fraction of sp³-hybridized carbons (Fsp3) is 0.444. The molecule has 0 unspecified atom stereocenters. The van der Waals surface area contributed by atoms with E-state index in [0.29, 0.717) is 18.7 Å². The molecule has 156 valence electrons. The summed E-state index contributed by atoms with van der Waals surface area (Å²) < 4.78 is 27.5. The molecule has 0 aliphatic carbocycles. The van der Waals surface area contributed by atoms with E-state index in [1.165, 1.54) is 0 Å². The van der Waals surface area contributed by atoms with Gasteiger partial charge in [-0.1, -0.05) is 32.1 Å². The van der Waals surface area contributed by atoms with Crippen molar-refractivity contribution in [2.24, 2.45) is 5.41 Å². The van der Waals surface area contributed by atoms with Gasteiger partial charge in [0.15, 0.2) is 0 Å². The van der Waals surface area contributed by atoms with Crippen molar-refractivity contribution in [2.75, 3.05) is 21.5 Å². The number of amides is 2. The first-order valence-corrected chi connectivity index (χ1v) is 11.4. The van der Waals surface area contributed by atoms with E-state index in [9.17, 15) is 18.0 Å². The topological polar surface area (TPSA) is 121 Å². The molecule has 1 aromatic heterocycles.